The molecule has 0 aliphatic carbocycles. The molecule has 0 amide bonds. The van der Waals surface area contributed by atoms with Crippen LogP contribution in [0.1, 0.15) is 0 Å². The van der Waals surface area contributed by atoms with Crippen LogP contribution in [0.15, 0.2) is 19.7 Å². The molecule has 0 atom stereocenters. The van der Waals surface area contributed by atoms with Gasteiger partial charge < -0.3 is 0 Å². The maximum Gasteiger partial charge on any atom is -0.0306 e. The fraction of sp³-hybridized carbons (Fsp3) is 0. The Morgan fingerprint density at radius 3 is 0.700 bits per heavy atom. The minimum Gasteiger partial charge on any atom is -0.259 e. The molecule has 0 spiro atoms. The number of rotatable bonds is 0. The lowest BCUT2D eigenvalue weighted by Gasteiger charge is -1.10. The Kier molecular flexibility index (Phi) is 293. The zero-order chi connectivity index (χ0) is 8.12. The predicted octanol–water partition coefficient (Wildman–Crippen LogP) is 1.68. The second-order valence-corrected chi connectivity index (χ2v) is 0.530. The van der Waals surface area contributed by atoms with Crippen LogP contribution in [0.3, 0.4) is 0 Å². The minimum atomic E-state index is 0. The standard InChI is InChI=1S/3C2H3N.ClH/c3*1-2-3;/h3*3H,1H2;1H. The largest absolute Gasteiger partial charge is 0.259 e. The van der Waals surface area contributed by atoms with Crippen molar-refractivity contribution in [2.45, 2.75) is 0 Å². The Labute approximate surface area is 66.7 Å². The van der Waals surface area contributed by atoms with Crippen LogP contribution in [-0.4, -0.2) is 17.6 Å². The van der Waals surface area contributed by atoms with Crippen molar-refractivity contribution in [3.05, 3.63) is 19.7 Å². The zero-order valence-corrected chi connectivity index (χ0v) is 6.35. The second-order valence-electron chi connectivity index (χ2n) is 0.530. The van der Waals surface area contributed by atoms with E-state index < -0.39 is 0 Å². The van der Waals surface area contributed by atoms with Crippen molar-refractivity contribution in [1.29, 1.82) is 16.2 Å². The summed E-state index contributed by atoms with van der Waals surface area (Å²) in [6.07, 6.45) is 0. The first-order valence-electron chi connectivity index (χ1n) is 1.81. The molecule has 56 valence electrons. The van der Waals surface area contributed by atoms with Crippen molar-refractivity contribution < 1.29 is 0 Å². The van der Waals surface area contributed by atoms with Crippen LogP contribution in [-0.2, 0) is 0 Å². The van der Waals surface area contributed by atoms with Crippen LogP contribution >= 0.6 is 12.4 Å². The third-order valence-corrected chi connectivity index (χ3v) is 0. The number of nitrogens with one attached hydrogen (secondary N) is 3. The summed E-state index contributed by atoms with van der Waals surface area (Å²) in [4.78, 5) is 0. The second kappa shape index (κ2) is 125. The van der Waals surface area contributed by atoms with Gasteiger partial charge in [0.05, 0.1) is 0 Å². The minimum absolute atomic E-state index is 0. The molecule has 4 heteroatoms. The first kappa shape index (κ1) is 23.4. The van der Waals surface area contributed by atoms with Crippen molar-refractivity contribution in [2.24, 2.45) is 0 Å². The summed E-state index contributed by atoms with van der Waals surface area (Å²) in [5, 5.41) is 17.5. The number of hydrogen-bond acceptors (Lipinski definition) is 3. The summed E-state index contributed by atoms with van der Waals surface area (Å²) >= 11 is 0. The molecule has 0 aromatic heterocycles. The van der Waals surface area contributed by atoms with E-state index in [0.717, 1.165) is 0 Å². The molecule has 0 radical (unpaired) electrons. The van der Waals surface area contributed by atoms with Crippen LogP contribution < -0.4 is 0 Å². The smallest absolute Gasteiger partial charge is 0.0306 e. The lowest BCUT2D eigenvalue weighted by molar-refractivity contribution is 1.60. The van der Waals surface area contributed by atoms with Gasteiger partial charge in [0.2, 0.25) is 0 Å². The normalized spacial score (nSPS) is 2.40. The van der Waals surface area contributed by atoms with E-state index in [1.54, 1.807) is 17.6 Å². The Morgan fingerprint density at radius 2 is 0.700 bits per heavy atom. The van der Waals surface area contributed by atoms with Crippen molar-refractivity contribution in [1.82, 2.24) is 0 Å². The Hall–Kier alpha value is -1.36. The highest BCUT2D eigenvalue weighted by Gasteiger charge is 0.924. The number of hydrogen-bond donors (Lipinski definition) is 3. The Balaban J connectivity index is -0.0000000257. The predicted molar refractivity (Wildman–Crippen MR) is 47.3 cm³/mol. The van der Waals surface area contributed by atoms with Crippen molar-refractivity contribution >= 4 is 30.0 Å². The van der Waals surface area contributed by atoms with E-state index in [-0.39, 0.29) is 12.4 Å². The van der Waals surface area contributed by atoms with E-state index in [2.05, 4.69) is 19.7 Å². The van der Waals surface area contributed by atoms with Gasteiger partial charge in [0.15, 0.2) is 0 Å². The quantitative estimate of drug-likeness (QED) is 0.450. The topological polar surface area (TPSA) is 71.6 Å². The molecule has 0 aromatic carbocycles. The average Bonchev–Trinajstić information content (AvgIpc) is 1.70. The highest BCUT2D eigenvalue weighted by molar-refractivity contribution is 5.85. The van der Waals surface area contributed by atoms with Crippen molar-refractivity contribution in [3.63, 3.8) is 0 Å². The van der Waals surface area contributed by atoms with Crippen molar-refractivity contribution in [3.8, 4) is 0 Å². The summed E-state index contributed by atoms with van der Waals surface area (Å²) < 4.78 is 0. The SMILES string of the molecule is C=C=N.C=C=N.C=C=N.Cl. The van der Waals surface area contributed by atoms with Crippen LogP contribution in [0.2, 0.25) is 0 Å². The van der Waals surface area contributed by atoms with Crippen LogP contribution in [0.25, 0.3) is 0 Å². The van der Waals surface area contributed by atoms with Crippen LogP contribution in [0, 0.1) is 16.2 Å². The van der Waals surface area contributed by atoms with Crippen LogP contribution in [0.4, 0.5) is 0 Å². The summed E-state index contributed by atoms with van der Waals surface area (Å²) in [6, 6.07) is 0. The molecule has 0 saturated carbocycles. The third-order valence-electron chi connectivity index (χ3n) is 0. The molecule has 0 saturated heterocycles. The third kappa shape index (κ3) is 114. The maximum absolute atomic E-state index is 5.85. The van der Waals surface area contributed by atoms with Gasteiger partial charge in [-0.1, -0.05) is 0 Å². The van der Waals surface area contributed by atoms with Gasteiger partial charge in [0.25, 0.3) is 0 Å². The highest BCUT2D eigenvalue weighted by atomic mass is 35.5. The first-order valence-corrected chi connectivity index (χ1v) is 1.81. The maximum atomic E-state index is 5.85. The fourth-order valence-electron chi connectivity index (χ4n) is 0. The van der Waals surface area contributed by atoms with Gasteiger partial charge in [0, 0.05) is 0 Å². The first-order chi connectivity index (χ1) is 4.24. The molecule has 3 nitrogen and oxygen atoms in total. The molecule has 0 aliphatic rings. The average molecular weight is 160 g/mol. The molecule has 0 aromatic rings. The van der Waals surface area contributed by atoms with Gasteiger partial charge >= 0.3 is 0 Å². The molecule has 0 unspecified atom stereocenters. The molecular formula is C6H10ClN3. The lowest BCUT2D eigenvalue weighted by Crippen LogP contribution is -1.10. The molecule has 10 heavy (non-hydrogen) atoms. The highest BCUT2D eigenvalue weighted by Crippen LogP contribution is 0.948. The molecular weight excluding hydrogens is 150 g/mol. The van der Waals surface area contributed by atoms with E-state index in [4.69, 9.17) is 16.2 Å². The van der Waals surface area contributed by atoms with Gasteiger partial charge in [0.1, 0.15) is 0 Å². The Bertz CT molecular complexity index is 105. The lowest BCUT2D eigenvalue weighted by atomic mass is 11.2. The van der Waals surface area contributed by atoms with E-state index in [1.807, 2.05) is 0 Å². The van der Waals surface area contributed by atoms with Crippen molar-refractivity contribution in [2.75, 3.05) is 0 Å². The van der Waals surface area contributed by atoms with Gasteiger partial charge in [-0.25, -0.2) is 0 Å². The van der Waals surface area contributed by atoms with Gasteiger partial charge in [-0.15, -0.1) is 12.4 Å². The molecule has 0 bridgehead atoms. The molecule has 0 rings (SSSR count). The monoisotopic (exact) mass is 159 g/mol. The summed E-state index contributed by atoms with van der Waals surface area (Å²) in [5.41, 5.74) is 0. The van der Waals surface area contributed by atoms with Gasteiger partial charge in [-0.2, -0.15) is 0 Å². The molecule has 0 heterocycles. The zero-order valence-electron chi connectivity index (χ0n) is 5.53. The van der Waals surface area contributed by atoms with E-state index in [0.29, 0.717) is 0 Å². The summed E-state index contributed by atoms with van der Waals surface area (Å²) in [5.74, 6) is 5.25. The van der Waals surface area contributed by atoms with E-state index in [9.17, 15) is 0 Å². The number of halogens is 1. The van der Waals surface area contributed by atoms with E-state index >= 15 is 0 Å². The molecule has 0 fully saturated rings. The summed E-state index contributed by atoms with van der Waals surface area (Å²) in [6.45, 7) is 8.71. The van der Waals surface area contributed by atoms with Crippen LogP contribution in [0.5, 0.6) is 0 Å². The van der Waals surface area contributed by atoms with Gasteiger partial charge in [-0.3, -0.25) is 16.2 Å². The fourth-order valence-corrected chi connectivity index (χ4v) is 0. The van der Waals surface area contributed by atoms with E-state index in [1.165, 1.54) is 0 Å². The molecule has 3 N–H and O–H groups in total. The summed E-state index contributed by atoms with van der Waals surface area (Å²) in [7, 11) is 0. The van der Waals surface area contributed by atoms with Gasteiger partial charge in [-0.05, 0) is 37.3 Å². The molecule has 0 aliphatic heterocycles. The Morgan fingerprint density at radius 1 is 0.700 bits per heavy atom.